The molecule has 2 heterocycles. The van der Waals surface area contributed by atoms with Crippen LogP contribution in [0.15, 0.2) is 29.1 Å². The highest BCUT2D eigenvalue weighted by atomic mass is 35.5. The van der Waals surface area contributed by atoms with Crippen molar-refractivity contribution in [3.8, 4) is 0 Å². The fourth-order valence-corrected chi connectivity index (χ4v) is 2.06. The second-order valence-corrected chi connectivity index (χ2v) is 4.45. The lowest BCUT2D eigenvalue weighted by molar-refractivity contribution is -0.107. The molecule has 6 heteroatoms. The maximum absolute atomic E-state index is 11.9. The van der Waals surface area contributed by atoms with Crippen molar-refractivity contribution < 1.29 is 9.47 Å². The molecule has 2 aromatic heterocycles. The van der Waals surface area contributed by atoms with E-state index in [0.717, 1.165) is 5.39 Å². The minimum atomic E-state index is -0.346. The molecular formula is C13H15ClN2O3. The molecule has 0 atom stereocenters. The summed E-state index contributed by atoms with van der Waals surface area (Å²) in [6.45, 7) is 0.454. The van der Waals surface area contributed by atoms with Crippen molar-refractivity contribution in [2.45, 2.75) is 19.3 Å². The number of rotatable bonds is 5. The maximum Gasteiger partial charge on any atom is 0.252 e. The first-order valence-electron chi connectivity index (χ1n) is 5.87. The standard InChI is InChI=1S/C13H15ClN2O3/c1-18-12(19-2)7-8-16-11(17)6-4-9-3-5-10(14)15-13(9)16/h3-6,12H,7-8H2,1-2H3. The van der Waals surface area contributed by atoms with E-state index in [9.17, 15) is 4.79 Å². The van der Waals surface area contributed by atoms with Crippen molar-refractivity contribution in [2.75, 3.05) is 14.2 Å². The van der Waals surface area contributed by atoms with Crippen LogP contribution in [-0.2, 0) is 16.0 Å². The molecule has 0 saturated heterocycles. The van der Waals surface area contributed by atoms with Gasteiger partial charge in [0, 0.05) is 38.6 Å². The highest BCUT2D eigenvalue weighted by molar-refractivity contribution is 6.29. The van der Waals surface area contributed by atoms with Crippen LogP contribution in [0.5, 0.6) is 0 Å². The fourth-order valence-electron chi connectivity index (χ4n) is 1.92. The molecule has 0 saturated carbocycles. The van der Waals surface area contributed by atoms with Crippen LogP contribution in [0.25, 0.3) is 11.0 Å². The number of pyridine rings is 2. The maximum atomic E-state index is 11.9. The Bertz CT molecular complexity index is 623. The molecule has 0 aliphatic rings. The third-order valence-corrected chi connectivity index (χ3v) is 3.12. The Morgan fingerprint density at radius 3 is 2.63 bits per heavy atom. The van der Waals surface area contributed by atoms with Gasteiger partial charge < -0.3 is 9.47 Å². The zero-order valence-electron chi connectivity index (χ0n) is 10.8. The highest BCUT2D eigenvalue weighted by Crippen LogP contribution is 2.14. The average Bonchev–Trinajstić information content (AvgIpc) is 2.42. The fraction of sp³-hybridized carbons (Fsp3) is 0.385. The lowest BCUT2D eigenvalue weighted by atomic mass is 10.3. The second kappa shape index (κ2) is 6.14. The van der Waals surface area contributed by atoms with Gasteiger partial charge in [-0.2, -0.15) is 0 Å². The van der Waals surface area contributed by atoms with Crippen molar-refractivity contribution >= 4 is 22.6 Å². The predicted octanol–water partition coefficient (Wildman–Crippen LogP) is 2.06. The summed E-state index contributed by atoms with van der Waals surface area (Å²) in [6, 6.07) is 6.80. The molecule has 19 heavy (non-hydrogen) atoms. The van der Waals surface area contributed by atoms with Gasteiger partial charge >= 0.3 is 0 Å². The van der Waals surface area contributed by atoms with E-state index < -0.39 is 0 Å². The Hall–Kier alpha value is -1.43. The topological polar surface area (TPSA) is 53.4 Å². The predicted molar refractivity (Wildman–Crippen MR) is 73.4 cm³/mol. The van der Waals surface area contributed by atoms with Crippen LogP contribution in [0, 0.1) is 0 Å². The van der Waals surface area contributed by atoms with Gasteiger partial charge in [0.2, 0.25) is 0 Å². The molecule has 0 bridgehead atoms. The van der Waals surface area contributed by atoms with Crippen LogP contribution in [-0.4, -0.2) is 30.1 Å². The third kappa shape index (κ3) is 3.12. The van der Waals surface area contributed by atoms with E-state index in [1.807, 2.05) is 6.07 Å². The first-order valence-corrected chi connectivity index (χ1v) is 6.25. The molecule has 5 nitrogen and oxygen atoms in total. The molecule has 0 aromatic carbocycles. The van der Waals surface area contributed by atoms with Crippen LogP contribution in [0.3, 0.4) is 0 Å². The van der Waals surface area contributed by atoms with Crippen molar-refractivity contribution in [3.63, 3.8) is 0 Å². The molecular weight excluding hydrogens is 268 g/mol. The lowest BCUT2D eigenvalue weighted by Gasteiger charge is -2.15. The van der Waals surface area contributed by atoms with Gasteiger partial charge in [-0.1, -0.05) is 11.6 Å². The Labute approximate surface area is 115 Å². The van der Waals surface area contributed by atoms with Crippen LogP contribution in [0.2, 0.25) is 5.15 Å². The molecule has 2 rings (SSSR count). The van der Waals surface area contributed by atoms with Gasteiger partial charge in [0.1, 0.15) is 10.8 Å². The summed E-state index contributed by atoms with van der Waals surface area (Å²) in [5.74, 6) is 0. The van der Waals surface area contributed by atoms with Crippen molar-refractivity contribution in [1.29, 1.82) is 0 Å². The van der Waals surface area contributed by atoms with E-state index in [2.05, 4.69) is 4.98 Å². The Morgan fingerprint density at radius 2 is 1.95 bits per heavy atom. The number of nitrogens with zero attached hydrogens (tertiary/aromatic N) is 2. The quantitative estimate of drug-likeness (QED) is 0.622. The number of methoxy groups -OCH3 is 2. The molecule has 0 unspecified atom stereocenters. The average molecular weight is 283 g/mol. The smallest absolute Gasteiger partial charge is 0.252 e. The monoisotopic (exact) mass is 282 g/mol. The number of hydrogen-bond donors (Lipinski definition) is 0. The van der Waals surface area contributed by atoms with Crippen LogP contribution < -0.4 is 5.56 Å². The summed E-state index contributed by atoms with van der Waals surface area (Å²) in [6.07, 6.45) is 0.210. The second-order valence-electron chi connectivity index (χ2n) is 4.06. The van der Waals surface area contributed by atoms with Gasteiger partial charge in [-0.3, -0.25) is 9.36 Å². The number of fused-ring (bicyclic) bond motifs is 1. The molecule has 102 valence electrons. The lowest BCUT2D eigenvalue weighted by Crippen LogP contribution is -2.24. The summed E-state index contributed by atoms with van der Waals surface area (Å²) in [7, 11) is 3.13. The van der Waals surface area contributed by atoms with Gasteiger partial charge in [0.25, 0.3) is 5.56 Å². The van der Waals surface area contributed by atoms with Crippen LogP contribution >= 0.6 is 11.6 Å². The minimum Gasteiger partial charge on any atom is -0.356 e. The molecule has 0 spiro atoms. The van der Waals surface area contributed by atoms with E-state index in [-0.39, 0.29) is 11.8 Å². The molecule has 0 aliphatic heterocycles. The number of ether oxygens (including phenoxy) is 2. The van der Waals surface area contributed by atoms with Crippen molar-refractivity contribution in [2.24, 2.45) is 0 Å². The summed E-state index contributed by atoms with van der Waals surface area (Å²) in [5, 5.41) is 1.23. The summed E-state index contributed by atoms with van der Waals surface area (Å²) in [5.41, 5.74) is 0.458. The number of aromatic nitrogens is 2. The number of halogens is 1. The molecule has 0 N–H and O–H groups in total. The Balaban J connectivity index is 2.38. The van der Waals surface area contributed by atoms with E-state index in [4.69, 9.17) is 21.1 Å². The van der Waals surface area contributed by atoms with Gasteiger partial charge in [-0.15, -0.1) is 0 Å². The summed E-state index contributed by atoms with van der Waals surface area (Å²) >= 11 is 5.88. The molecule has 0 fully saturated rings. The Morgan fingerprint density at radius 1 is 1.26 bits per heavy atom. The van der Waals surface area contributed by atoms with Gasteiger partial charge in [-0.25, -0.2) is 4.98 Å². The molecule has 0 aliphatic carbocycles. The van der Waals surface area contributed by atoms with Gasteiger partial charge in [0.15, 0.2) is 6.29 Å². The van der Waals surface area contributed by atoms with E-state index >= 15 is 0 Å². The van der Waals surface area contributed by atoms with E-state index in [0.29, 0.717) is 23.8 Å². The first kappa shape index (κ1) is 14.0. The normalized spacial score (nSPS) is 11.4. The van der Waals surface area contributed by atoms with Crippen LogP contribution in [0.1, 0.15) is 6.42 Å². The summed E-state index contributed by atoms with van der Waals surface area (Å²) in [4.78, 5) is 16.1. The zero-order valence-corrected chi connectivity index (χ0v) is 11.6. The van der Waals surface area contributed by atoms with Crippen molar-refractivity contribution in [3.05, 3.63) is 39.8 Å². The van der Waals surface area contributed by atoms with E-state index in [1.165, 1.54) is 6.07 Å². The highest BCUT2D eigenvalue weighted by Gasteiger charge is 2.09. The third-order valence-electron chi connectivity index (χ3n) is 2.91. The molecule has 0 radical (unpaired) electrons. The van der Waals surface area contributed by atoms with Gasteiger partial charge in [0.05, 0.1) is 0 Å². The zero-order chi connectivity index (χ0) is 13.8. The summed E-state index contributed by atoms with van der Waals surface area (Å²) < 4.78 is 11.8. The molecule has 2 aromatic rings. The van der Waals surface area contributed by atoms with Gasteiger partial charge in [-0.05, 0) is 18.2 Å². The number of aryl methyl sites for hydroxylation is 1. The van der Waals surface area contributed by atoms with Crippen LogP contribution in [0.4, 0.5) is 0 Å². The SMILES string of the molecule is COC(CCn1c(=O)ccc2ccc(Cl)nc21)OC. The largest absolute Gasteiger partial charge is 0.356 e. The molecule has 0 amide bonds. The Kier molecular flexibility index (Phi) is 4.52. The van der Waals surface area contributed by atoms with E-state index in [1.54, 1.807) is 30.9 Å². The number of hydrogen-bond acceptors (Lipinski definition) is 4. The first-order chi connectivity index (χ1) is 9.15. The minimum absolute atomic E-state index is 0.117. The van der Waals surface area contributed by atoms with Crippen molar-refractivity contribution in [1.82, 2.24) is 9.55 Å².